The third kappa shape index (κ3) is 4.07. The second-order valence-electron chi connectivity index (χ2n) is 10.7. The fourth-order valence-corrected chi connectivity index (χ4v) is 6.36. The molecule has 0 N–H and O–H groups in total. The molecule has 0 spiro atoms. The summed E-state index contributed by atoms with van der Waals surface area (Å²) in [6.07, 6.45) is 4.19. The lowest BCUT2D eigenvalue weighted by Gasteiger charge is -2.35. The van der Waals surface area contributed by atoms with Gasteiger partial charge in [0.15, 0.2) is 0 Å². The summed E-state index contributed by atoms with van der Waals surface area (Å²) in [5, 5.41) is 2.36. The van der Waals surface area contributed by atoms with Crippen LogP contribution in [0.3, 0.4) is 0 Å². The molecule has 0 saturated carbocycles. The van der Waals surface area contributed by atoms with Gasteiger partial charge in [-0.15, -0.1) is 0 Å². The number of nitrogens with zero attached hydrogens (tertiary/aromatic N) is 4. The van der Waals surface area contributed by atoms with Crippen LogP contribution in [0.2, 0.25) is 0 Å². The van der Waals surface area contributed by atoms with Gasteiger partial charge in [0.25, 0.3) is 0 Å². The van der Waals surface area contributed by atoms with E-state index in [9.17, 15) is 0 Å². The van der Waals surface area contributed by atoms with Crippen LogP contribution in [-0.4, -0.2) is 19.1 Å². The maximum Gasteiger partial charge on any atom is 0.137 e. The molecule has 8 aromatic rings. The van der Waals surface area contributed by atoms with Crippen LogP contribution in [0.5, 0.6) is 0 Å². The van der Waals surface area contributed by atoms with Crippen molar-refractivity contribution in [1.82, 2.24) is 19.1 Å². The van der Waals surface area contributed by atoms with E-state index in [4.69, 9.17) is 9.97 Å². The van der Waals surface area contributed by atoms with Gasteiger partial charge in [-0.3, -0.25) is 0 Å². The number of aromatic nitrogens is 4. The van der Waals surface area contributed by atoms with Crippen molar-refractivity contribution in [2.45, 2.75) is 5.41 Å². The molecular formula is C39H28N4. The van der Waals surface area contributed by atoms with E-state index in [1.54, 1.807) is 0 Å². The van der Waals surface area contributed by atoms with Gasteiger partial charge in [-0.25, -0.2) is 9.97 Å². The summed E-state index contributed by atoms with van der Waals surface area (Å²) in [4.78, 5) is 10.9. The van der Waals surface area contributed by atoms with Gasteiger partial charge in [-0.1, -0.05) is 109 Å². The highest BCUT2D eigenvalue weighted by molar-refractivity contribution is 5.82. The molecule has 0 amide bonds. The Morgan fingerprint density at radius 2 is 0.791 bits per heavy atom. The molecule has 0 aliphatic heterocycles. The Morgan fingerprint density at radius 1 is 0.372 bits per heavy atom. The van der Waals surface area contributed by atoms with Gasteiger partial charge in [-0.05, 0) is 70.4 Å². The molecule has 0 aliphatic carbocycles. The maximum absolute atomic E-state index is 5.43. The third-order valence-electron chi connectivity index (χ3n) is 8.34. The smallest absolute Gasteiger partial charge is 0.137 e. The van der Waals surface area contributed by atoms with Gasteiger partial charge in [0.1, 0.15) is 17.1 Å². The Balaban J connectivity index is 1.42. The summed E-state index contributed by atoms with van der Waals surface area (Å²) < 4.78 is 4.32. The monoisotopic (exact) mass is 552 g/mol. The zero-order valence-electron chi connectivity index (χ0n) is 23.5. The fourth-order valence-electron chi connectivity index (χ4n) is 6.36. The van der Waals surface area contributed by atoms with Gasteiger partial charge in [0, 0.05) is 12.4 Å². The maximum atomic E-state index is 5.43. The quantitative estimate of drug-likeness (QED) is 0.207. The van der Waals surface area contributed by atoms with E-state index in [2.05, 4.69) is 179 Å². The van der Waals surface area contributed by atoms with Crippen molar-refractivity contribution in [3.05, 3.63) is 193 Å². The van der Waals surface area contributed by atoms with E-state index >= 15 is 0 Å². The minimum Gasteiger partial charge on any atom is -0.301 e. The number of benzene rings is 4. The van der Waals surface area contributed by atoms with Crippen LogP contribution in [0.4, 0.5) is 0 Å². The Morgan fingerprint density at radius 3 is 1.26 bits per heavy atom. The first-order valence-corrected chi connectivity index (χ1v) is 14.5. The van der Waals surface area contributed by atoms with Crippen LogP contribution >= 0.6 is 0 Å². The van der Waals surface area contributed by atoms with Crippen LogP contribution in [0.25, 0.3) is 33.4 Å². The molecule has 43 heavy (non-hydrogen) atoms. The van der Waals surface area contributed by atoms with Crippen molar-refractivity contribution in [3.63, 3.8) is 0 Å². The van der Waals surface area contributed by atoms with E-state index < -0.39 is 5.41 Å². The SMILES string of the molecule is c1ccc(C(c2ccccc2)(c2cccc(-n3ccc4ccccc43)n2)c2cccc(-n3ccc4ccccc43)n2)cc1. The van der Waals surface area contributed by atoms with Crippen molar-refractivity contribution in [2.24, 2.45) is 0 Å². The van der Waals surface area contributed by atoms with Crippen LogP contribution in [0, 0.1) is 0 Å². The lowest BCUT2D eigenvalue weighted by molar-refractivity contribution is 0.681. The highest BCUT2D eigenvalue weighted by atomic mass is 15.1. The van der Waals surface area contributed by atoms with Crippen molar-refractivity contribution in [1.29, 1.82) is 0 Å². The highest BCUT2D eigenvalue weighted by Gasteiger charge is 2.41. The summed E-state index contributed by atoms with van der Waals surface area (Å²) in [7, 11) is 0. The minimum atomic E-state index is -0.777. The molecular weight excluding hydrogens is 524 g/mol. The molecule has 0 saturated heterocycles. The molecule has 4 heteroatoms. The Bertz CT molecular complexity index is 2030. The van der Waals surface area contributed by atoms with Gasteiger partial charge in [0.2, 0.25) is 0 Å². The molecule has 4 aromatic heterocycles. The minimum absolute atomic E-state index is 0.777. The Hall–Kier alpha value is -5.74. The summed E-state index contributed by atoms with van der Waals surface area (Å²) in [5.41, 5.74) is 5.48. The average molecular weight is 553 g/mol. The summed E-state index contributed by atoms with van der Waals surface area (Å²) >= 11 is 0. The van der Waals surface area contributed by atoms with Crippen molar-refractivity contribution in [3.8, 4) is 11.6 Å². The molecule has 0 atom stereocenters. The zero-order chi connectivity index (χ0) is 28.6. The molecule has 0 aliphatic rings. The van der Waals surface area contributed by atoms with Crippen LogP contribution < -0.4 is 0 Å². The predicted molar refractivity (Wildman–Crippen MR) is 174 cm³/mol. The zero-order valence-corrected chi connectivity index (χ0v) is 23.5. The van der Waals surface area contributed by atoms with Gasteiger partial charge in [-0.2, -0.15) is 0 Å². The molecule has 4 nitrogen and oxygen atoms in total. The normalized spacial score (nSPS) is 11.7. The molecule has 0 unspecified atom stereocenters. The van der Waals surface area contributed by atoms with Crippen molar-refractivity contribution >= 4 is 21.8 Å². The molecule has 0 radical (unpaired) electrons. The Kier molecular flexibility index (Phi) is 5.97. The van der Waals surface area contributed by atoms with Gasteiger partial charge in [0.05, 0.1) is 22.4 Å². The second-order valence-corrected chi connectivity index (χ2v) is 10.7. The fraction of sp³-hybridized carbons (Fsp3) is 0.0256. The summed E-state index contributed by atoms with van der Waals surface area (Å²) in [5.74, 6) is 1.73. The predicted octanol–water partition coefficient (Wildman–Crippen LogP) is 8.75. The first-order valence-electron chi connectivity index (χ1n) is 14.5. The topological polar surface area (TPSA) is 35.6 Å². The number of hydrogen-bond acceptors (Lipinski definition) is 2. The molecule has 0 fully saturated rings. The van der Waals surface area contributed by atoms with Crippen molar-refractivity contribution < 1.29 is 0 Å². The van der Waals surface area contributed by atoms with E-state index in [0.29, 0.717) is 0 Å². The van der Waals surface area contributed by atoms with Crippen LogP contribution in [0.1, 0.15) is 22.5 Å². The standard InChI is InChI=1S/C39H28N4/c1-3-15-31(16-4-1)39(32-17-5-2-6-18-32,35-21-11-23-37(40-35)42-27-25-29-13-7-9-19-33(29)42)36-22-12-24-38(41-36)43-28-26-30-14-8-10-20-34(30)43/h1-28H. The van der Waals surface area contributed by atoms with E-state index in [1.165, 1.54) is 10.8 Å². The van der Waals surface area contributed by atoms with Crippen LogP contribution in [0.15, 0.2) is 170 Å². The Labute approximate surface area is 250 Å². The molecule has 4 heterocycles. The van der Waals surface area contributed by atoms with E-state index in [1.807, 2.05) is 0 Å². The first-order chi connectivity index (χ1) is 21.3. The van der Waals surface area contributed by atoms with Gasteiger partial charge >= 0.3 is 0 Å². The number of rotatable bonds is 6. The first kappa shape index (κ1) is 25.0. The second kappa shape index (κ2) is 10.3. The lowest BCUT2D eigenvalue weighted by atomic mass is 9.69. The molecule has 204 valence electrons. The van der Waals surface area contributed by atoms with Crippen molar-refractivity contribution in [2.75, 3.05) is 0 Å². The largest absolute Gasteiger partial charge is 0.301 e. The lowest BCUT2D eigenvalue weighted by Crippen LogP contribution is -2.33. The summed E-state index contributed by atoms with van der Waals surface area (Å²) in [6, 6.07) is 55.0. The third-order valence-corrected chi connectivity index (χ3v) is 8.34. The van der Waals surface area contributed by atoms with Gasteiger partial charge < -0.3 is 9.13 Å². The number of para-hydroxylation sites is 2. The molecule has 0 bridgehead atoms. The van der Waals surface area contributed by atoms with Crippen LogP contribution in [-0.2, 0) is 5.41 Å². The number of hydrogen-bond donors (Lipinski definition) is 0. The molecule has 8 rings (SSSR count). The number of fused-ring (bicyclic) bond motifs is 2. The molecule has 4 aromatic carbocycles. The summed E-state index contributed by atoms with van der Waals surface area (Å²) in [6.45, 7) is 0. The van der Waals surface area contributed by atoms with E-state index in [0.717, 1.165) is 45.2 Å². The van der Waals surface area contributed by atoms with E-state index in [-0.39, 0.29) is 0 Å². The number of pyridine rings is 2. The highest BCUT2D eigenvalue weighted by Crippen LogP contribution is 2.44. The average Bonchev–Trinajstić information content (AvgIpc) is 3.72.